The van der Waals surface area contributed by atoms with Crippen LogP contribution in [0.1, 0.15) is 24.4 Å². The summed E-state index contributed by atoms with van der Waals surface area (Å²) in [6.07, 6.45) is 1.59. The highest BCUT2D eigenvalue weighted by molar-refractivity contribution is 6.29. The molecule has 1 aromatic heterocycles. The fraction of sp³-hybridized carbons (Fsp3) is 0.522. The molecule has 2 saturated heterocycles. The number of carbonyl (C=O) groups is 1. The molecule has 0 saturated carbocycles. The number of aromatic nitrogens is 2. The van der Waals surface area contributed by atoms with Crippen molar-refractivity contribution in [1.82, 2.24) is 20.4 Å². The van der Waals surface area contributed by atoms with Crippen LogP contribution in [-0.2, 0) is 9.53 Å². The molecule has 0 bridgehead atoms. The Hall–Kier alpha value is -2.42. The molecular weight excluding hydrogens is 430 g/mol. The summed E-state index contributed by atoms with van der Waals surface area (Å²) >= 11 is 5.83. The number of piperidine rings is 1. The Labute approximate surface area is 193 Å². The molecule has 172 valence electrons. The lowest BCUT2D eigenvalue weighted by Gasteiger charge is -2.36. The Bertz CT molecular complexity index is 866. The molecule has 2 fully saturated rings. The van der Waals surface area contributed by atoms with E-state index in [0.717, 1.165) is 50.6 Å². The topological polar surface area (TPSA) is 79.8 Å². The number of hydrogen-bond donors (Lipinski definition) is 1. The number of halogens is 1. The third-order valence-corrected chi connectivity index (χ3v) is 6.47. The number of rotatable bonds is 7. The molecule has 3 heterocycles. The van der Waals surface area contributed by atoms with Crippen molar-refractivity contribution in [2.45, 2.75) is 18.9 Å². The first-order chi connectivity index (χ1) is 15.6. The van der Waals surface area contributed by atoms with Gasteiger partial charge in [0.05, 0.1) is 26.4 Å². The molecule has 0 radical (unpaired) electrons. The third-order valence-electron chi connectivity index (χ3n) is 6.26. The van der Waals surface area contributed by atoms with E-state index in [0.29, 0.717) is 24.9 Å². The van der Waals surface area contributed by atoms with Crippen molar-refractivity contribution in [2.24, 2.45) is 5.92 Å². The zero-order valence-electron chi connectivity index (χ0n) is 18.4. The Morgan fingerprint density at radius 3 is 2.47 bits per heavy atom. The summed E-state index contributed by atoms with van der Waals surface area (Å²) in [5, 5.41) is 11.7. The van der Waals surface area contributed by atoms with E-state index in [1.807, 2.05) is 18.2 Å². The Balaban J connectivity index is 1.34. The minimum Gasteiger partial charge on any atom is -0.497 e. The second-order valence-corrected chi connectivity index (χ2v) is 8.55. The third kappa shape index (κ3) is 5.68. The van der Waals surface area contributed by atoms with Crippen molar-refractivity contribution < 1.29 is 14.3 Å². The molecule has 2 aliphatic heterocycles. The van der Waals surface area contributed by atoms with Crippen LogP contribution in [0.4, 0.5) is 5.82 Å². The van der Waals surface area contributed by atoms with E-state index in [1.165, 1.54) is 5.56 Å². The molecule has 1 atom stereocenters. The first-order valence-corrected chi connectivity index (χ1v) is 11.5. The monoisotopic (exact) mass is 459 g/mol. The number of morpholine rings is 1. The summed E-state index contributed by atoms with van der Waals surface area (Å²) < 4.78 is 10.8. The zero-order chi connectivity index (χ0) is 22.3. The van der Waals surface area contributed by atoms with Gasteiger partial charge in [0.2, 0.25) is 5.91 Å². The van der Waals surface area contributed by atoms with Gasteiger partial charge >= 0.3 is 0 Å². The first-order valence-electron chi connectivity index (χ1n) is 11.1. The van der Waals surface area contributed by atoms with E-state index in [4.69, 9.17) is 21.1 Å². The van der Waals surface area contributed by atoms with Crippen LogP contribution in [0, 0.1) is 5.92 Å². The number of hydrogen-bond acceptors (Lipinski definition) is 7. The highest BCUT2D eigenvalue weighted by Gasteiger charge is 2.28. The number of nitrogens with zero attached hydrogens (tertiary/aromatic N) is 4. The van der Waals surface area contributed by atoms with Crippen LogP contribution >= 0.6 is 11.6 Å². The number of anilines is 1. The molecule has 1 aromatic carbocycles. The summed E-state index contributed by atoms with van der Waals surface area (Å²) in [5.74, 6) is 1.77. The molecule has 2 aromatic rings. The van der Waals surface area contributed by atoms with Gasteiger partial charge in [-0.2, -0.15) is 0 Å². The summed E-state index contributed by atoms with van der Waals surface area (Å²) in [7, 11) is 1.67. The van der Waals surface area contributed by atoms with Gasteiger partial charge in [-0.3, -0.25) is 9.69 Å². The zero-order valence-corrected chi connectivity index (χ0v) is 19.1. The van der Waals surface area contributed by atoms with Crippen LogP contribution in [0.15, 0.2) is 36.4 Å². The maximum Gasteiger partial charge on any atom is 0.223 e. The van der Waals surface area contributed by atoms with Gasteiger partial charge in [-0.15, -0.1) is 10.2 Å². The molecule has 0 aliphatic carbocycles. The lowest BCUT2D eigenvalue weighted by Crippen LogP contribution is -2.46. The fourth-order valence-electron chi connectivity index (χ4n) is 4.36. The molecule has 1 amide bonds. The Morgan fingerprint density at radius 1 is 1.12 bits per heavy atom. The molecule has 8 nitrogen and oxygen atoms in total. The average molecular weight is 460 g/mol. The summed E-state index contributed by atoms with van der Waals surface area (Å²) in [4.78, 5) is 17.5. The van der Waals surface area contributed by atoms with Gasteiger partial charge in [-0.1, -0.05) is 23.7 Å². The largest absolute Gasteiger partial charge is 0.497 e. The lowest BCUT2D eigenvalue weighted by molar-refractivity contribution is -0.126. The van der Waals surface area contributed by atoms with E-state index >= 15 is 0 Å². The normalized spacial score (nSPS) is 18.9. The van der Waals surface area contributed by atoms with Crippen LogP contribution < -0.4 is 15.0 Å². The van der Waals surface area contributed by atoms with Crippen LogP contribution in [0.3, 0.4) is 0 Å². The van der Waals surface area contributed by atoms with Gasteiger partial charge in [-0.05, 0) is 42.7 Å². The van der Waals surface area contributed by atoms with Gasteiger partial charge in [0, 0.05) is 38.6 Å². The average Bonchev–Trinajstić information content (AvgIpc) is 2.86. The molecular formula is C23H30ClN5O3. The molecule has 1 unspecified atom stereocenters. The quantitative estimate of drug-likeness (QED) is 0.681. The van der Waals surface area contributed by atoms with Crippen molar-refractivity contribution in [3.8, 4) is 5.75 Å². The van der Waals surface area contributed by atoms with Gasteiger partial charge in [-0.25, -0.2) is 0 Å². The molecule has 32 heavy (non-hydrogen) atoms. The highest BCUT2D eigenvalue weighted by atomic mass is 35.5. The Kier molecular flexibility index (Phi) is 7.78. The second-order valence-electron chi connectivity index (χ2n) is 8.16. The van der Waals surface area contributed by atoms with Crippen molar-refractivity contribution >= 4 is 23.3 Å². The van der Waals surface area contributed by atoms with Gasteiger partial charge in [0.25, 0.3) is 0 Å². The van der Waals surface area contributed by atoms with Crippen molar-refractivity contribution in [1.29, 1.82) is 0 Å². The molecule has 2 aliphatic rings. The molecule has 1 N–H and O–H groups in total. The van der Waals surface area contributed by atoms with Gasteiger partial charge in [0.1, 0.15) is 5.75 Å². The number of carbonyl (C=O) groups excluding carboxylic acids is 1. The Morgan fingerprint density at radius 2 is 1.84 bits per heavy atom. The minimum atomic E-state index is 0.00714. The number of methoxy groups -OCH3 is 1. The predicted octanol–water partition coefficient (Wildman–Crippen LogP) is 2.54. The van der Waals surface area contributed by atoms with Crippen molar-refractivity contribution in [2.75, 3.05) is 57.9 Å². The predicted molar refractivity (Wildman–Crippen MR) is 123 cm³/mol. The van der Waals surface area contributed by atoms with Gasteiger partial charge in [0.15, 0.2) is 11.0 Å². The summed E-state index contributed by atoms with van der Waals surface area (Å²) in [6, 6.07) is 11.8. The smallest absolute Gasteiger partial charge is 0.223 e. The SMILES string of the molecule is COc1ccc(C(CNC(=O)C2CCN(c3ccc(Cl)nn3)CC2)N2CCOCC2)cc1. The van der Waals surface area contributed by atoms with Crippen molar-refractivity contribution in [3.63, 3.8) is 0 Å². The molecule has 0 spiro atoms. The van der Waals surface area contributed by atoms with Crippen LogP contribution in [0.2, 0.25) is 5.15 Å². The van der Waals surface area contributed by atoms with E-state index in [9.17, 15) is 4.79 Å². The number of ether oxygens (including phenoxy) is 2. The lowest BCUT2D eigenvalue weighted by atomic mass is 9.95. The fourth-order valence-corrected chi connectivity index (χ4v) is 4.46. The van der Waals surface area contributed by atoms with E-state index in [1.54, 1.807) is 13.2 Å². The maximum absolute atomic E-state index is 13.0. The summed E-state index contributed by atoms with van der Waals surface area (Å²) in [5.41, 5.74) is 1.17. The van der Waals surface area contributed by atoms with Crippen LogP contribution in [0.5, 0.6) is 5.75 Å². The number of amides is 1. The first kappa shape index (κ1) is 22.8. The van der Waals surface area contributed by atoms with Crippen molar-refractivity contribution in [3.05, 3.63) is 47.1 Å². The standard InChI is InChI=1S/C23H30ClN5O3/c1-31-19-4-2-17(3-5-19)20(28-12-14-32-15-13-28)16-25-23(30)18-8-10-29(11-9-18)22-7-6-21(24)26-27-22/h2-7,18,20H,8-16H2,1H3,(H,25,30). The van der Waals surface area contributed by atoms with Crippen LogP contribution in [0.25, 0.3) is 0 Å². The van der Waals surface area contributed by atoms with Gasteiger partial charge < -0.3 is 19.7 Å². The number of benzene rings is 1. The molecule has 4 rings (SSSR count). The summed E-state index contributed by atoms with van der Waals surface area (Å²) in [6.45, 7) is 5.27. The number of nitrogens with one attached hydrogen (secondary N) is 1. The second kappa shape index (κ2) is 10.9. The van der Waals surface area contributed by atoms with E-state index in [-0.39, 0.29) is 17.9 Å². The van der Waals surface area contributed by atoms with Crippen LogP contribution in [-0.4, -0.2) is 74.1 Å². The highest BCUT2D eigenvalue weighted by Crippen LogP contribution is 2.25. The van der Waals surface area contributed by atoms with E-state index in [2.05, 4.69) is 37.4 Å². The minimum absolute atomic E-state index is 0.00714. The maximum atomic E-state index is 13.0. The molecule has 9 heteroatoms. The van der Waals surface area contributed by atoms with E-state index < -0.39 is 0 Å².